The van der Waals surface area contributed by atoms with Gasteiger partial charge in [-0.1, -0.05) is 23.2 Å². The van der Waals surface area contributed by atoms with Gasteiger partial charge in [0.1, 0.15) is 5.78 Å². The molecule has 31 heavy (non-hydrogen) atoms. The first-order valence-corrected chi connectivity index (χ1v) is 11.8. The fraction of sp³-hybridized carbons (Fsp3) is 0.500. The van der Waals surface area contributed by atoms with Crippen molar-refractivity contribution in [3.05, 3.63) is 46.2 Å². The van der Waals surface area contributed by atoms with Gasteiger partial charge in [0.2, 0.25) is 0 Å². The second kappa shape index (κ2) is 10.8. The Morgan fingerprint density at radius 3 is 2.71 bits per heavy atom. The van der Waals surface area contributed by atoms with Crippen molar-refractivity contribution < 1.29 is 9.53 Å². The van der Waals surface area contributed by atoms with Crippen molar-refractivity contribution in [2.45, 2.75) is 32.1 Å². The summed E-state index contributed by atoms with van der Waals surface area (Å²) in [7, 11) is 0. The molecule has 5 nitrogen and oxygen atoms in total. The minimum Gasteiger partial charge on any atom is -0.385 e. The van der Waals surface area contributed by atoms with Crippen LogP contribution in [-0.4, -0.2) is 43.6 Å². The van der Waals surface area contributed by atoms with Crippen molar-refractivity contribution in [1.82, 2.24) is 10.3 Å². The van der Waals surface area contributed by atoms with Gasteiger partial charge in [-0.3, -0.25) is 9.78 Å². The van der Waals surface area contributed by atoms with Crippen molar-refractivity contribution in [3.8, 4) is 11.1 Å². The molecule has 1 aromatic carbocycles. The normalized spacial score (nSPS) is 19.9. The molecule has 2 aliphatic heterocycles. The third kappa shape index (κ3) is 5.98. The number of nitrogens with zero attached hydrogens (tertiary/aromatic N) is 1. The number of carbonyl (C=O) groups is 1. The highest BCUT2D eigenvalue weighted by atomic mass is 35.5. The van der Waals surface area contributed by atoms with Crippen LogP contribution >= 0.6 is 23.2 Å². The molecule has 0 aliphatic carbocycles. The number of benzene rings is 1. The zero-order chi connectivity index (χ0) is 21.6. The lowest BCUT2D eigenvalue weighted by Crippen LogP contribution is -2.35. The molecular weight excluding hydrogens is 433 g/mol. The van der Waals surface area contributed by atoms with E-state index in [9.17, 15) is 4.79 Å². The highest BCUT2D eigenvalue weighted by Crippen LogP contribution is 2.35. The van der Waals surface area contributed by atoms with Crippen molar-refractivity contribution in [1.29, 1.82) is 0 Å². The van der Waals surface area contributed by atoms with Crippen LogP contribution in [0.1, 0.15) is 31.4 Å². The standard InChI is InChI=1S/C24H29Cl2N3O2/c25-22-4-3-18(28-13-16-5-8-31-9-6-16)10-20(22)21-11-19(29-15-23(21)26)12-24(30)17-2-1-7-27-14-17/h3-4,10-11,15-17,27-28H,1-2,5-9,12-14H2/t17-/m0/s1. The predicted molar refractivity (Wildman–Crippen MR) is 126 cm³/mol. The van der Waals surface area contributed by atoms with Crippen LogP contribution in [0.2, 0.25) is 10.0 Å². The van der Waals surface area contributed by atoms with E-state index in [1.54, 1.807) is 6.20 Å². The largest absolute Gasteiger partial charge is 0.385 e. The lowest BCUT2D eigenvalue weighted by Gasteiger charge is -2.23. The Balaban J connectivity index is 1.49. The lowest BCUT2D eigenvalue weighted by molar-refractivity contribution is -0.122. The van der Waals surface area contributed by atoms with Crippen LogP contribution in [-0.2, 0) is 16.0 Å². The fourth-order valence-electron chi connectivity index (χ4n) is 4.29. The Morgan fingerprint density at radius 2 is 1.94 bits per heavy atom. The topological polar surface area (TPSA) is 63.2 Å². The number of nitrogens with one attached hydrogen (secondary N) is 2. The maximum Gasteiger partial charge on any atom is 0.143 e. The molecule has 0 amide bonds. The highest BCUT2D eigenvalue weighted by molar-refractivity contribution is 6.36. The average molecular weight is 462 g/mol. The van der Waals surface area contributed by atoms with Gasteiger partial charge in [0, 0.05) is 72.4 Å². The van der Waals surface area contributed by atoms with E-state index in [0.29, 0.717) is 22.4 Å². The molecule has 2 aromatic rings. The Labute approximate surface area is 193 Å². The monoisotopic (exact) mass is 461 g/mol. The second-order valence-corrected chi connectivity index (χ2v) is 9.29. The second-order valence-electron chi connectivity index (χ2n) is 8.47. The minimum absolute atomic E-state index is 0.0657. The molecule has 2 aliphatic rings. The Hall–Kier alpha value is -1.66. The van der Waals surface area contributed by atoms with Gasteiger partial charge in [-0.05, 0) is 62.4 Å². The molecule has 0 radical (unpaired) electrons. The summed E-state index contributed by atoms with van der Waals surface area (Å²) < 4.78 is 5.44. The van der Waals surface area contributed by atoms with Crippen LogP contribution in [0.5, 0.6) is 0 Å². The summed E-state index contributed by atoms with van der Waals surface area (Å²) in [5, 5.41) is 7.98. The Kier molecular flexibility index (Phi) is 7.83. The fourth-order valence-corrected chi connectivity index (χ4v) is 4.71. The molecule has 2 N–H and O–H groups in total. The molecule has 166 valence electrons. The van der Waals surface area contributed by atoms with E-state index in [1.165, 1.54) is 0 Å². The SMILES string of the molecule is O=C(Cc1cc(-c2cc(NCC3CCOCC3)ccc2Cl)c(Cl)cn1)[C@H]1CCCNC1. The number of ether oxygens (including phenoxy) is 1. The molecule has 0 spiro atoms. The molecule has 0 saturated carbocycles. The average Bonchev–Trinajstić information content (AvgIpc) is 2.81. The number of pyridine rings is 1. The van der Waals surface area contributed by atoms with E-state index >= 15 is 0 Å². The summed E-state index contributed by atoms with van der Waals surface area (Å²) in [6, 6.07) is 7.80. The van der Waals surface area contributed by atoms with Crippen LogP contribution < -0.4 is 10.6 Å². The molecule has 7 heteroatoms. The number of Topliss-reactive ketones (excluding diaryl/α,β-unsaturated/α-hetero) is 1. The quantitative estimate of drug-likeness (QED) is 0.606. The number of hydrogen-bond donors (Lipinski definition) is 2. The summed E-state index contributed by atoms with van der Waals surface area (Å²) in [5.74, 6) is 0.909. The van der Waals surface area contributed by atoms with Crippen molar-refractivity contribution in [2.24, 2.45) is 11.8 Å². The van der Waals surface area contributed by atoms with Gasteiger partial charge in [0.15, 0.2) is 0 Å². The molecule has 1 atom stereocenters. The van der Waals surface area contributed by atoms with Crippen LogP contribution in [0.15, 0.2) is 30.5 Å². The lowest BCUT2D eigenvalue weighted by atomic mass is 9.92. The molecule has 2 fully saturated rings. The molecule has 4 rings (SSSR count). The summed E-state index contributed by atoms with van der Waals surface area (Å²) in [4.78, 5) is 17.1. The van der Waals surface area contributed by atoms with E-state index in [2.05, 4.69) is 15.6 Å². The van der Waals surface area contributed by atoms with Gasteiger partial charge >= 0.3 is 0 Å². The number of ketones is 1. The zero-order valence-corrected chi connectivity index (χ0v) is 19.1. The van der Waals surface area contributed by atoms with Gasteiger partial charge in [-0.25, -0.2) is 0 Å². The molecule has 3 heterocycles. The van der Waals surface area contributed by atoms with Gasteiger partial charge < -0.3 is 15.4 Å². The first-order valence-electron chi connectivity index (χ1n) is 11.1. The molecular formula is C24H29Cl2N3O2. The van der Waals surface area contributed by atoms with Crippen LogP contribution in [0, 0.1) is 11.8 Å². The first kappa shape index (κ1) is 22.5. The number of anilines is 1. The molecule has 0 bridgehead atoms. The predicted octanol–water partition coefficient (Wildman–Crippen LogP) is 5.01. The van der Waals surface area contributed by atoms with E-state index in [0.717, 1.165) is 81.0 Å². The van der Waals surface area contributed by atoms with E-state index < -0.39 is 0 Å². The number of aromatic nitrogens is 1. The third-order valence-electron chi connectivity index (χ3n) is 6.21. The maximum absolute atomic E-state index is 12.7. The van der Waals surface area contributed by atoms with Crippen molar-refractivity contribution in [3.63, 3.8) is 0 Å². The zero-order valence-electron chi connectivity index (χ0n) is 17.6. The molecule has 2 saturated heterocycles. The van der Waals surface area contributed by atoms with Gasteiger partial charge in [-0.15, -0.1) is 0 Å². The van der Waals surface area contributed by atoms with E-state index in [1.807, 2.05) is 24.3 Å². The molecule has 0 unspecified atom stereocenters. The smallest absolute Gasteiger partial charge is 0.143 e. The number of hydrogen-bond acceptors (Lipinski definition) is 5. The number of rotatable bonds is 7. The summed E-state index contributed by atoms with van der Waals surface area (Å²) >= 11 is 13.0. The number of piperidine rings is 1. The first-order chi connectivity index (χ1) is 15.1. The van der Waals surface area contributed by atoms with E-state index in [-0.39, 0.29) is 11.7 Å². The Morgan fingerprint density at radius 1 is 1.13 bits per heavy atom. The third-order valence-corrected chi connectivity index (χ3v) is 6.84. The van der Waals surface area contributed by atoms with Gasteiger partial charge in [-0.2, -0.15) is 0 Å². The summed E-state index contributed by atoms with van der Waals surface area (Å²) in [6.07, 6.45) is 6.08. The maximum atomic E-state index is 12.7. The van der Waals surface area contributed by atoms with Crippen LogP contribution in [0.3, 0.4) is 0 Å². The number of carbonyl (C=O) groups excluding carboxylic acids is 1. The van der Waals surface area contributed by atoms with Crippen molar-refractivity contribution >= 4 is 34.7 Å². The van der Waals surface area contributed by atoms with Crippen molar-refractivity contribution in [2.75, 3.05) is 38.2 Å². The highest BCUT2D eigenvalue weighted by Gasteiger charge is 2.22. The van der Waals surface area contributed by atoms with Crippen LogP contribution in [0.4, 0.5) is 5.69 Å². The van der Waals surface area contributed by atoms with E-state index in [4.69, 9.17) is 27.9 Å². The van der Waals surface area contributed by atoms with Gasteiger partial charge in [0.05, 0.1) is 5.02 Å². The molecule has 1 aromatic heterocycles. The number of halogens is 2. The summed E-state index contributed by atoms with van der Waals surface area (Å²) in [6.45, 7) is 4.33. The van der Waals surface area contributed by atoms with Crippen LogP contribution in [0.25, 0.3) is 11.1 Å². The minimum atomic E-state index is 0.0657. The van der Waals surface area contributed by atoms with Gasteiger partial charge in [0.25, 0.3) is 0 Å². The summed E-state index contributed by atoms with van der Waals surface area (Å²) in [5.41, 5.74) is 3.39. The Bertz CT molecular complexity index is 910.